The summed E-state index contributed by atoms with van der Waals surface area (Å²) in [6, 6.07) is 6.73. The van der Waals surface area contributed by atoms with Crippen molar-refractivity contribution in [3.63, 3.8) is 0 Å². The molecule has 1 amide bonds. The van der Waals surface area contributed by atoms with Crippen molar-refractivity contribution < 1.29 is 13.9 Å². The summed E-state index contributed by atoms with van der Waals surface area (Å²) in [5.74, 6) is 0.0854. The molecule has 22 heavy (non-hydrogen) atoms. The number of carbonyl (C=O) groups is 1. The number of nitrogens with one attached hydrogen (secondary N) is 2. The Balaban J connectivity index is 1.84. The van der Waals surface area contributed by atoms with Gasteiger partial charge >= 0.3 is 6.09 Å². The minimum absolute atomic E-state index is 0.244. The lowest BCUT2D eigenvalue weighted by Gasteiger charge is -2.24. The molecule has 1 aromatic carbocycles. The lowest BCUT2D eigenvalue weighted by Crippen LogP contribution is -2.38. The summed E-state index contributed by atoms with van der Waals surface area (Å²) in [5, 5.41) is 6.20. The standard InChI is InChI=1S/C17H25FN2O2/c1-17(2,3)22-16(21)19-11-12-6-4-9-15(12)20-14-8-5-7-13(18)10-14/h5,7-8,10,12,15,20H,4,6,9,11H2,1-3H3,(H,19,21). The Morgan fingerprint density at radius 3 is 2.82 bits per heavy atom. The number of benzene rings is 1. The van der Waals surface area contributed by atoms with Crippen LogP contribution in [0.25, 0.3) is 0 Å². The van der Waals surface area contributed by atoms with E-state index >= 15 is 0 Å². The second-order valence-corrected chi connectivity index (χ2v) is 6.83. The summed E-state index contributed by atoms with van der Waals surface area (Å²) < 4.78 is 18.5. The highest BCUT2D eigenvalue weighted by atomic mass is 19.1. The molecule has 1 saturated carbocycles. The fourth-order valence-electron chi connectivity index (χ4n) is 2.79. The van der Waals surface area contributed by atoms with Gasteiger partial charge in [0.15, 0.2) is 0 Å². The van der Waals surface area contributed by atoms with Gasteiger partial charge in [0.2, 0.25) is 0 Å². The van der Waals surface area contributed by atoms with E-state index in [2.05, 4.69) is 10.6 Å². The van der Waals surface area contributed by atoms with Crippen LogP contribution in [0.3, 0.4) is 0 Å². The number of alkyl carbamates (subject to hydrolysis) is 1. The van der Waals surface area contributed by atoms with Crippen LogP contribution in [-0.4, -0.2) is 24.3 Å². The van der Waals surface area contributed by atoms with Gasteiger partial charge < -0.3 is 15.4 Å². The summed E-state index contributed by atoms with van der Waals surface area (Å²) in [6.45, 7) is 6.10. The van der Waals surface area contributed by atoms with Crippen LogP contribution in [0.4, 0.5) is 14.9 Å². The van der Waals surface area contributed by atoms with E-state index in [4.69, 9.17) is 4.74 Å². The first-order chi connectivity index (χ1) is 10.3. The van der Waals surface area contributed by atoms with Gasteiger partial charge in [0, 0.05) is 18.3 Å². The SMILES string of the molecule is CC(C)(C)OC(=O)NCC1CCCC1Nc1cccc(F)c1. The van der Waals surface area contributed by atoms with Crippen molar-refractivity contribution in [2.24, 2.45) is 5.92 Å². The second kappa shape index (κ2) is 6.99. The Morgan fingerprint density at radius 1 is 1.36 bits per heavy atom. The average molecular weight is 308 g/mol. The van der Waals surface area contributed by atoms with Gasteiger partial charge in [-0.15, -0.1) is 0 Å². The van der Waals surface area contributed by atoms with Crippen molar-refractivity contribution in [1.82, 2.24) is 5.32 Å². The Bertz CT molecular complexity index is 514. The third-order valence-electron chi connectivity index (χ3n) is 3.74. The summed E-state index contributed by atoms with van der Waals surface area (Å²) in [4.78, 5) is 11.7. The molecule has 0 saturated heterocycles. The third kappa shape index (κ3) is 5.20. The van der Waals surface area contributed by atoms with E-state index in [0.29, 0.717) is 12.5 Å². The Kier molecular flexibility index (Phi) is 5.27. The van der Waals surface area contributed by atoms with Crippen LogP contribution < -0.4 is 10.6 Å². The second-order valence-electron chi connectivity index (χ2n) is 6.83. The van der Waals surface area contributed by atoms with E-state index in [0.717, 1.165) is 24.9 Å². The smallest absolute Gasteiger partial charge is 0.407 e. The van der Waals surface area contributed by atoms with E-state index in [1.807, 2.05) is 26.8 Å². The number of carbonyl (C=O) groups excluding carboxylic acids is 1. The monoisotopic (exact) mass is 308 g/mol. The predicted molar refractivity (Wildman–Crippen MR) is 85.4 cm³/mol. The number of amides is 1. The molecule has 5 heteroatoms. The molecule has 122 valence electrons. The van der Waals surface area contributed by atoms with E-state index in [1.54, 1.807) is 6.07 Å². The molecule has 1 aliphatic rings. The lowest BCUT2D eigenvalue weighted by molar-refractivity contribution is 0.0519. The van der Waals surface area contributed by atoms with Gasteiger partial charge in [0.1, 0.15) is 11.4 Å². The molecule has 2 atom stereocenters. The molecule has 0 spiro atoms. The lowest BCUT2D eigenvalue weighted by atomic mass is 10.0. The topological polar surface area (TPSA) is 50.4 Å². The van der Waals surface area contributed by atoms with Gasteiger partial charge in [-0.2, -0.15) is 0 Å². The van der Waals surface area contributed by atoms with E-state index < -0.39 is 5.60 Å². The molecule has 1 fully saturated rings. The van der Waals surface area contributed by atoms with Gasteiger partial charge in [0.25, 0.3) is 0 Å². The number of halogens is 1. The van der Waals surface area contributed by atoms with Crippen molar-refractivity contribution in [1.29, 1.82) is 0 Å². The molecule has 2 unspecified atom stereocenters. The van der Waals surface area contributed by atoms with Crippen LogP contribution in [-0.2, 0) is 4.74 Å². The number of rotatable bonds is 4. The van der Waals surface area contributed by atoms with Crippen molar-refractivity contribution >= 4 is 11.8 Å². The molecule has 0 heterocycles. The van der Waals surface area contributed by atoms with Crippen molar-refractivity contribution in [2.75, 3.05) is 11.9 Å². The molecule has 0 bridgehead atoms. The maximum Gasteiger partial charge on any atom is 0.407 e. The molecule has 0 aliphatic heterocycles. The first kappa shape index (κ1) is 16.6. The fourth-order valence-corrected chi connectivity index (χ4v) is 2.79. The van der Waals surface area contributed by atoms with Gasteiger partial charge in [-0.25, -0.2) is 9.18 Å². The van der Waals surface area contributed by atoms with Gasteiger partial charge in [-0.1, -0.05) is 12.5 Å². The zero-order valence-corrected chi connectivity index (χ0v) is 13.5. The molecule has 0 aromatic heterocycles. The normalized spacial score (nSPS) is 21.5. The van der Waals surface area contributed by atoms with E-state index in [-0.39, 0.29) is 18.0 Å². The third-order valence-corrected chi connectivity index (χ3v) is 3.74. The number of ether oxygens (including phenoxy) is 1. The fraction of sp³-hybridized carbons (Fsp3) is 0.588. The number of hydrogen-bond donors (Lipinski definition) is 2. The van der Waals surface area contributed by atoms with Gasteiger partial charge in [0.05, 0.1) is 0 Å². The highest BCUT2D eigenvalue weighted by Gasteiger charge is 2.28. The van der Waals surface area contributed by atoms with Crippen LogP contribution in [0.15, 0.2) is 24.3 Å². The minimum atomic E-state index is -0.487. The highest BCUT2D eigenvalue weighted by Crippen LogP contribution is 2.28. The average Bonchev–Trinajstić information content (AvgIpc) is 2.82. The molecule has 2 rings (SSSR count). The summed E-state index contributed by atoms with van der Waals surface area (Å²) in [7, 11) is 0. The van der Waals surface area contributed by atoms with Gasteiger partial charge in [-0.3, -0.25) is 0 Å². The van der Waals surface area contributed by atoms with Crippen molar-refractivity contribution in [2.45, 2.75) is 51.7 Å². The summed E-state index contributed by atoms with van der Waals surface area (Å²) in [6.07, 6.45) is 2.79. The molecule has 4 nitrogen and oxygen atoms in total. The molecule has 0 radical (unpaired) electrons. The maximum absolute atomic E-state index is 13.2. The molecular weight excluding hydrogens is 283 g/mol. The largest absolute Gasteiger partial charge is 0.444 e. The predicted octanol–water partition coefficient (Wildman–Crippen LogP) is 3.93. The van der Waals surface area contributed by atoms with Crippen LogP contribution in [0.1, 0.15) is 40.0 Å². The number of anilines is 1. The summed E-state index contributed by atoms with van der Waals surface area (Å²) >= 11 is 0. The van der Waals surface area contributed by atoms with E-state index in [9.17, 15) is 9.18 Å². The zero-order chi connectivity index (χ0) is 16.2. The summed E-state index contributed by atoms with van der Waals surface area (Å²) in [5.41, 5.74) is 0.299. The van der Waals surface area contributed by atoms with Crippen LogP contribution >= 0.6 is 0 Å². The zero-order valence-electron chi connectivity index (χ0n) is 13.5. The Morgan fingerprint density at radius 2 is 2.14 bits per heavy atom. The van der Waals surface area contributed by atoms with Crippen LogP contribution in [0.2, 0.25) is 0 Å². The highest BCUT2D eigenvalue weighted by molar-refractivity contribution is 5.67. The Hall–Kier alpha value is -1.78. The van der Waals surface area contributed by atoms with Crippen LogP contribution in [0, 0.1) is 11.7 Å². The molecule has 1 aliphatic carbocycles. The molecule has 2 N–H and O–H groups in total. The molecular formula is C17H25FN2O2. The quantitative estimate of drug-likeness (QED) is 0.886. The van der Waals surface area contributed by atoms with Crippen molar-refractivity contribution in [3.8, 4) is 0 Å². The Labute approximate surface area is 131 Å². The van der Waals surface area contributed by atoms with Crippen molar-refractivity contribution in [3.05, 3.63) is 30.1 Å². The van der Waals surface area contributed by atoms with E-state index in [1.165, 1.54) is 12.1 Å². The van der Waals surface area contributed by atoms with Crippen LogP contribution in [0.5, 0.6) is 0 Å². The first-order valence-corrected chi connectivity index (χ1v) is 7.82. The minimum Gasteiger partial charge on any atom is -0.444 e. The van der Waals surface area contributed by atoms with Gasteiger partial charge in [-0.05, 0) is 57.7 Å². The number of hydrogen-bond acceptors (Lipinski definition) is 3. The maximum atomic E-state index is 13.2. The first-order valence-electron chi connectivity index (χ1n) is 7.82. The molecule has 1 aromatic rings.